The van der Waals surface area contributed by atoms with E-state index in [1.165, 1.54) is 0 Å². The summed E-state index contributed by atoms with van der Waals surface area (Å²) >= 11 is 9.76. The van der Waals surface area contributed by atoms with Crippen LogP contribution in [-0.2, 0) is 0 Å². The van der Waals surface area contributed by atoms with Crippen molar-refractivity contribution in [1.29, 1.82) is 0 Å². The molecule has 2 N–H and O–H groups in total. The van der Waals surface area contributed by atoms with Gasteiger partial charge < -0.3 is 10.6 Å². The maximum Gasteiger partial charge on any atom is 0.259 e. The monoisotopic (exact) mass is 502 g/mol. The van der Waals surface area contributed by atoms with Gasteiger partial charge in [-0.1, -0.05) is 17.7 Å². The number of rotatable bonds is 6. The van der Waals surface area contributed by atoms with Crippen molar-refractivity contribution in [2.75, 3.05) is 16.9 Å². The van der Waals surface area contributed by atoms with Gasteiger partial charge in [-0.3, -0.25) is 9.59 Å². The standard InChI is InChI=1S/C19H20ClIN2O2S/c1-11-9-13(20)7-8-16(11)23(12(2)10-26-3)19(25)14-5-4-6-15(21)17(14)18(22)24/h4-9,12H,10H2,1-3H3,(H2,22,24). The van der Waals surface area contributed by atoms with Crippen LogP contribution in [0.25, 0.3) is 0 Å². The van der Waals surface area contributed by atoms with E-state index in [0.717, 1.165) is 17.0 Å². The fourth-order valence-electron chi connectivity index (χ4n) is 2.83. The van der Waals surface area contributed by atoms with E-state index in [2.05, 4.69) is 0 Å². The normalized spacial score (nSPS) is 11.9. The molecule has 0 aliphatic rings. The van der Waals surface area contributed by atoms with Crippen LogP contribution in [0.15, 0.2) is 36.4 Å². The second-order valence-electron chi connectivity index (χ2n) is 5.94. The third kappa shape index (κ3) is 4.53. The number of nitrogens with zero attached hydrogens (tertiary/aromatic N) is 1. The quantitative estimate of drug-likeness (QED) is 0.580. The molecule has 1 unspecified atom stereocenters. The maximum atomic E-state index is 13.4. The van der Waals surface area contributed by atoms with Crippen LogP contribution in [0, 0.1) is 10.5 Å². The van der Waals surface area contributed by atoms with E-state index < -0.39 is 5.91 Å². The number of hydrogen-bond acceptors (Lipinski definition) is 3. The first-order chi connectivity index (χ1) is 12.3. The molecule has 2 aromatic carbocycles. The molecule has 0 radical (unpaired) electrons. The Morgan fingerprint density at radius 3 is 2.58 bits per heavy atom. The molecule has 7 heteroatoms. The van der Waals surface area contributed by atoms with E-state index in [4.69, 9.17) is 17.3 Å². The number of anilines is 1. The Labute approximate surface area is 176 Å². The third-order valence-electron chi connectivity index (χ3n) is 3.98. The van der Waals surface area contributed by atoms with E-state index in [1.807, 2.05) is 54.8 Å². The molecule has 0 fully saturated rings. The Hall–Kier alpha value is -1.25. The van der Waals surface area contributed by atoms with Crippen LogP contribution in [0.3, 0.4) is 0 Å². The Kier molecular flexibility index (Phi) is 7.37. The van der Waals surface area contributed by atoms with Crippen LogP contribution >= 0.6 is 46.0 Å². The van der Waals surface area contributed by atoms with Crippen LogP contribution in [-0.4, -0.2) is 29.9 Å². The summed E-state index contributed by atoms with van der Waals surface area (Å²) in [6.07, 6.45) is 1.99. The summed E-state index contributed by atoms with van der Waals surface area (Å²) in [6, 6.07) is 10.5. The molecule has 0 bridgehead atoms. The summed E-state index contributed by atoms with van der Waals surface area (Å²) < 4.78 is 0.659. The lowest BCUT2D eigenvalue weighted by Crippen LogP contribution is -2.41. The molecule has 0 aliphatic carbocycles. The highest BCUT2D eigenvalue weighted by Crippen LogP contribution is 2.29. The van der Waals surface area contributed by atoms with Crippen molar-refractivity contribution < 1.29 is 9.59 Å². The average molecular weight is 503 g/mol. The van der Waals surface area contributed by atoms with E-state index >= 15 is 0 Å². The van der Waals surface area contributed by atoms with Crippen molar-refractivity contribution in [3.05, 3.63) is 61.7 Å². The van der Waals surface area contributed by atoms with Gasteiger partial charge in [0, 0.05) is 26.1 Å². The smallest absolute Gasteiger partial charge is 0.259 e. The number of carbonyl (C=O) groups excluding carboxylic acids is 2. The number of primary amides is 1. The van der Waals surface area contributed by atoms with Gasteiger partial charge in [0.1, 0.15) is 0 Å². The number of nitrogens with two attached hydrogens (primary N) is 1. The lowest BCUT2D eigenvalue weighted by molar-refractivity contribution is 0.0955. The van der Waals surface area contributed by atoms with Crippen LogP contribution in [0.4, 0.5) is 5.69 Å². The Morgan fingerprint density at radius 1 is 1.31 bits per heavy atom. The van der Waals surface area contributed by atoms with Gasteiger partial charge in [-0.05, 0) is 78.6 Å². The summed E-state index contributed by atoms with van der Waals surface area (Å²) in [5.41, 5.74) is 7.77. The van der Waals surface area contributed by atoms with E-state index in [1.54, 1.807) is 40.9 Å². The molecule has 4 nitrogen and oxygen atoms in total. The summed E-state index contributed by atoms with van der Waals surface area (Å²) in [4.78, 5) is 27.1. The molecule has 0 aliphatic heterocycles. The van der Waals surface area contributed by atoms with Crippen LogP contribution in [0.5, 0.6) is 0 Å². The highest BCUT2D eigenvalue weighted by molar-refractivity contribution is 14.1. The lowest BCUT2D eigenvalue weighted by Gasteiger charge is -2.31. The molecule has 0 spiro atoms. The zero-order valence-electron chi connectivity index (χ0n) is 14.8. The number of carbonyl (C=O) groups is 2. The largest absolute Gasteiger partial charge is 0.366 e. The second-order valence-corrected chi connectivity index (χ2v) is 8.45. The predicted molar refractivity (Wildman–Crippen MR) is 119 cm³/mol. The topological polar surface area (TPSA) is 63.4 Å². The minimum atomic E-state index is -0.608. The van der Waals surface area contributed by atoms with Crippen molar-refractivity contribution in [3.8, 4) is 0 Å². The molecule has 0 aromatic heterocycles. The minimum Gasteiger partial charge on any atom is -0.366 e. The molecule has 26 heavy (non-hydrogen) atoms. The van der Waals surface area contributed by atoms with Crippen molar-refractivity contribution in [2.45, 2.75) is 19.9 Å². The van der Waals surface area contributed by atoms with Crippen molar-refractivity contribution in [2.24, 2.45) is 5.73 Å². The molecule has 2 rings (SSSR count). The summed E-state index contributed by atoms with van der Waals surface area (Å²) in [6.45, 7) is 3.90. The Balaban J connectivity index is 2.62. The highest BCUT2D eigenvalue weighted by Gasteiger charge is 2.28. The number of thioether (sulfide) groups is 1. The molecule has 0 saturated heterocycles. The van der Waals surface area contributed by atoms with Crippen molar-refractivity contribution >= 4 is 63.5 Å². The summed E-state index contributed by atoms with van der Waals surface area (Å²) in [5.74, 6) is -0.100. The fraction of sp³-hybridized carbons (Fsp3) is 0.263. The summed E-state index contributed by atoms with van der Waals surface area (Å²) in [7, 11) is 0. The minimum absolute atomic E-state index is 0.0732. The number of benzene rings is 2. The lowest BCUT2D eigenvalue weighted by atomic mass is 10.0. The van der Waals surface area contributed by atoms with Gasteiger partial charge in [0.2, 0.25) is 0 Å². The van der Waals surface area contributed by atoms with Gasteiger partial charge in [-0.15, -0.1) is 0 Å². The van der Waals surface area contributed by atoms with Crippen molar-refractivity contribution in [3.63, 3.8) is 0 Å². The predicted octanol–water partition coefficient (Wildman–Crippen LogP) is 4.75. The number of amides is 2. The van der Waals surface area contributed by atoms with E-state index in [-0.39, 0.29) is 17.5 Å². The zero-order valence-corrected chi connectivity index (χ0v) is 18.5. The first kappa shape index (κ1) is 21.1. The molecular formula is C19H20ClIN2O2S. The van der Waals surface area contributed by atoms with Crippen LogP contribution in [0.1, 0.15) is 33.2 Å². The molecule has 1 atom stereocenters. The van der Waals surface area contributed by atoms with Gasteiger partial charge in [-0.2, -0.15) is 11.8 Å². The first-order valence-electron chi connectivity index (χ1n) is 7.94. The highest BCUT2D eigenvalue weighted by atomic mass is 127. The maximum absolute atomic E-state index is 13.4. The summed E-state index contributed by atoms with van der Waals surface area (Å²) in [5, 5.41) is 0.614. The Morgan fingerprint density at radius 2 is 2.00 bits per heavy atom. The van der Waals surface area contributed by atoms with Crippen LogP contribution in [0.2, 0.25) is 5.02 Å². The molecule has 138 valence electrons. The van der Waals surface area contributed by atoms with E-state index in [9.17, 15) is 9.59 Å². The Bertz CT molecular complexity index is 844. The number of hydrogen-bond donors (Lipinski definition) is 1. The van der Waals surface area contributed by atoms with Crippen molar-refractivity contribution in [1.82, 2.24) is 0 Å². The number of aryl methyl sites for hydroxylation is 1. The molecular weight excluding hydrogens is 483 g/mol. The van der Waals surface area contributed by atoms with Crippen LogP contribution < -0.4 is 10.6 Å². The molecule has 0 saturated carbocycles. The van der Waals surface area contributed by atoms with Gasteiger partial charge in [0.05, 0.1) is 11.1 Å². The van der Waals surface area contributed by atoms with Gasteiger partial charge in [0.25, 0.3) is 11.8 Å². The van der Waals surface area contributed by atoms with E-state index in [0.29, 0.717) is 14.2 Å². The van der Waals surface area contributed by atoms with Gasteiger partial charge >= 0.3 is 0 Å². The zero-order chi connectivity index (χ0) is 19.4. The fourth-order valence-corrected chi connectivity index (χ4v) is 4.46. The SMILES string of the molecule is CSCC(C)N(C(=O)c1cccc(I)c1C(N)=O)c1ccc(Cl)cc1C. The molecule has 0 heterocycles. The second kappa shape index (κ2) is 9.10. The first-order valence-corrected chi connectivity index (χ1v) is 10.8. The average Bonchev–Trinajstić information content (AvgIpc) is 2.56. The van der Waals surface area contributed by atoms with Gasteiger partial charge in [0.15, 0.2) is 0 Å². The molecule has 2 amide bonds. The third-order valence-corrected chi connectivity index (χ3v) is 5.93. The molecule has 2 aromatic rings. The van der Waals surface area contributed by atoms with Gasteiger partial charge in [-0.25, -0.2) is 0 Å². The number of halogens is 2.